The molecule has 0 saturated heterocycles. The Balaban J connectivity index is 0.000000274. The van der Waals surface area contributed by atoms with Gasteiger partial charge in [-0.2, -0.15) is 5.26 Å². The van der Waals surface area contributed by atoms with E-state index < -0.39 is 0 Å². The summed E-state index contributed by atoms with van der Waals surface area (Å²) in [5.41, 5.74) is 2.84. The van der Waals surface area contributed by atoms with E-state index in [-0.39, 0.29) is 0 Å². The number of fused-ring (bicyclic) bond motifs is 1. The Labute approximate surface area is 102 Å². The molecule has 2 rings (SSSR count). The number of benzene rings is 1. The van der Waals surface area contributed by atoms with Gasteiger partial charge in [-0.05, 0) is 23.6 Å². The van der Waals surface area contributed by atoms with Crippen LogP contribution in [0.3, 0.4) is 0 Å². The molecular weight excluding hydrogens is 210 g/mol. The van der Waals surface area contributed by atoms with Crippen LogP contribution in [0, 0.1) is 11.3 Å². The lowest BCUT2D eigenvalue weighted by atomic mass is 10.1. The second kappa shape index (κ2) is 10.1. The zero-order chi connectivity index (χ0) is 12.9. The van der Waals surface area contributed by atoms with Crippen LogP contribution in [0.4, 0.5) is 0 Å². The number of nitrogens with zero attached hydrogens (tertiary/aromatic N) is 1. The maximum absolute atomic E-state index is 9.06. The molecular formula is C15H15NO. The molecule has 86 valence electrons. The molecule has 1 aliphatic rings. The molecule has 0 unspecified atom stereocenters. The first kappa shape index (κ1) is 14.6. The molecule has 17 heavy (non-hydrogen) atoms. The molecule has 2 nitrogen and oxygen atoms in total. The van der Waals surface area contributed by atoms with Crippen LogP contribution in [0.1, 0.15) is 11.1 Å². The molecule has 1 aliphatic carbocycles. The molecule has 0 aliphatic heterocycles. The van der Waals surface area contributed by atoms with Gasteiger partial charge in [0.15, 0.2) is 0 Å². The third-order valence-corrected chi connectivity index (χ3v) is 1.88. The number of aldehydes is 1. The van der Waals surface area contributed by atoms with Crippen LogP contribution in [-0.4, -0.2) is 6.29 Å². The summed E-state index contributed by atoms with van der Waals surface area (Å²) in [4.78, 5) is 9.06. The van der Waals surface area contributed by atoms with Gasteiger partial charge in [-0.15, -0.1) is 0 Å². The van der Waals surface area contributed by atoms with Crippen LogP contribution in [0.15, 0.2) is 55.7 Å². The summed E-state index contributed by atoms with van der Waals surface area (Å²) in [7, 11) is 0. The van der Waals surface area contributed by atoms with E-state index in [0.717, 1.165) is 6.42 Å². The third-order valence-electron chi connectivity index (χ3n) is 1.88. The number of hydrogen-bond acceptors (Lipinski definition) is 2. The summed E-state index contributed by atoms with van der Waals surface area (Å²) < 4.78 is 0. The summed E-state index contributed by atoms with van der Waals surface area (Å²) in [6, 6.07) is 10.2. The van der Waals surface area contributed by atoms with Gasteiger partial charge in [-0.25, -0.2) is 0 Å². The van der Waals surface area contributed by atoms with Crippen molar-refractivity contribution in [2.45, 2.75) is 6.42 Å². The van der Waals surface area contributed by atoms with Crippen molar-refractivity contribution in [2.24, 2.45) is 0 Å². The van der Waals surface area contributed by atoms with Crippen molar-refractivity contribution in [3.8, 4) is 6.07 Å². The highest BCUT2D eigenvalue weighted by Gasteiger charge is 2.00. The van der Waals surface area contributed by atoms with Gasteiger partial charge in [-0.3, -0.25) is 4.79 Å². The van der Waals surface area contributed by atoms with Gasteiger partial charge in [0.2, 0.25) is 0 Å². The molecule has 1 aromatic carbocycles. The molecule has 0 amide bonds. The number of carbonyl (C=O) groups is 1. The number of nitriles is 1. The van der Waals surface area contributed by atoms with Crippen molar-refractivity contribution in [2.75, 3.05) is 0 Å². The Morgan fingerprint density at radius 2 is 1.88 bits per heavy atom. The van der Waals surface area contributed by atoms with E-state index in [1.165, 1.54) is 23.3 Å². The van der Waals surface area contributed by atoms with Gasteiger partial charge in [0.05, 0.1) is 6.07 Å². The highest BCUT2D eigenvalue weighted by molar-refractivity contribution is 5.63. The SMILES string of the molecule is C1=Cc2ccccc2C1.C=CC#N.C=CC=O. The van der Waals surface area contributed by atoms with Gasteiger partial charge in [0.1, 0.15) is 6.29 Å². The Morgan fingerprint density at radius 3 is 2.35 bits per heavy atom. The van der Waals surface area contributed by atoms with Crippen molar-refractivity contribution in [3.63, 3.8) is 0 Å². The van der Waals surface area contributed by atoms with Gasteiger partial charge < -0.3 is 0 Å². The van der Waals surface area contributed by atoms with E-state index in [0.29, 0.717) is 6.29 Å². The molecule has 2 heteroatoms. The average Bonchev–Trinajstić information content (AvgIpc) is 2.87. The maximum Gasteiger partial charge on any atom is 0.142 e. The van der Waals surface area contributed by atoms with Crippen LogP contribution in [0.5, 0.6) is 0 Å². The quantitative estimate of drug-likeness (QED) is 0.418. The molecule has 0 radical (unpaired) electrons. The molecule has 0 atom stereocenters. The Kier molecular flexibility index (Phi) is 8.70. The molecule has 0 N–H and O–H groups in total. The van der Waals surface area contributed by atoms with E-state index >= 15 is 0 Å². The van der Waals surface area contributed by atoms with Crippen LogP contribution >= 0.6 is 0 Å². The van der Waals surface area contributed by atoms with Gasteiger partial charge in [0.25, 0.3) is 0 Å². The average molecular weight is 225 g/mol. The highest BCUT2D eigenvalue weighted by Crippen LogP contribution is 2.17. The normalized spacial score (nSPS) is 9.35. The Hall–Kier alpha value is -2.40. The van der Waals surface area contributed by atoms with Crippen molar-refractivity contribution < 1.29 is 4.79 Å². The first-order chi connectivity index (χ1) is 8.29. The van der Waals surface area contributed by atoms with Crippen molar-refractivity contribution in [1.82, 2.24) is 0 Å². The van der Waals surface area contributed by atoms with Crippen molar-refractivity contribution in [3.05, 3.63) is 66.8 Å². The second-order valence-corrected chi connectivity index (χ2v) is 3.01. The summed E-state index contributed by atoms with van der Waals surface area (Å²) in [6.45, 7) is 6.23. The lowest BCUT2D eigenvalue weighted by molar-refractivity contribution is -0.104. The minimum atomic E-state index is 0.639. The third kappa shape index (κ3) is 6.64. The zero-order valence-electron chi connectivity index (χ0n) is 9.67. The Morgan fingerprint density at radius 1 is 1.29 bits per heavy atom. The van der Waals surface area contributed by atoms with Crippen molar-refractivity contribution in [1.29, 1.82) is 5.26 Å². The van der Waals surface area contributed by atoms with Crippen molar-refractivity contribution >= 4 is 12.4 Å². The molecule has 0 spiro atoms. The minimum Gasteiger partial charge on any atom is -0.299 e. The summed E-state index contributed by atoms with van der Waals surface area (Å²) in [6.07, 6.45) is 8.51. The molecule has 1 aromatic rings. The highest BCUT2D eigenvalue weighted by atomic mass is 16.1. The van der Waals surface area contributed by atoms with Gasteiger partial charge in [-0.1, -0.05) is 49.6 Å². The van der Waals surface area contributed by atoms with Gasteiger partial charge in [0, 0.05) is 6.08 Å². The van der Waals surface area contributed by atoms with E-state index in [2.05, 4.69) is 49.6 Å². The van der Waals surface area contributed by atoms with Crippen LogP contribution in [-0.2, 0) is 11.2 Å². The molecule has 0 heterocycles. The fraction of sp³-hybridized carbons (Fsp3) is 0.0667. The molecule has 0 aromatic heterocycles. The van der Waals surface area contributed by atoms with E-state index in [4.69, 9.17) is 10.1 Å². The number of hydrogen-bond donors (Lipinski definition) is 0. The molecule has 0 fully saturated rings. The number of carbonyl (C=O) groups excluding carboxylic acids is 1. The second-order valence-electron chi connectivity index (χ2n) is 3.01. The first-order valence-corrected chi connectivity index (χ1v) is 5.11. The predicted octanol–water partition coefficient (Wildman–Crippen LogP) is 3.32. The fourth-order valence-electron chi connectivity index (χ4n) is 1.20. The molecule has 0 saturated carbocycles. The monoisotopic (exact) mass is 225 g/mol. The maximum atomic E-state index is 9.06. The topological polar surface area (TPSA) is 40.9 Å². The van der Waals surface area contributed by atoms with Crippen LogP contribution in [0.25, 0.3) is 6.08 Å². The zero-order valence-corrected chi connectivity index (χ0v) is 9.67. The number of allylic oxidation sites excluding steroid dienone is 3. The smallest absolute Gasteiger partial charge is 0.142 e. The standard InChI is InChI=1S/C9H8.C3H3N.C3H4O/c1-2-5-9-7-3-6-8(9)4-1;2*1-2-3-4/h1-6H,7H2;2H,1H2;2-3H,1H2. The lowest BCUT2D eigenvalue weighted by Gasteiger charge is -1.93. The minimum absolute atomic E-state index is 0.639. The first-order valence-electron chi connectivity index (χ1n) is 5.11. The molecule has 0 bridgehead atoms. The van der Waals surface area contributed by atoms with Crippen LogP contribution < -0.4 is 0 Å². The Bertz CT molecular complexity index is 432. The van der Waals surface area contributed by atoms with E-state index in [9.17, 15) is 0 Å². The van der Waals surface area contributed by atoms with Crippen LogP contribution in [0.2, 0.25) is 0 Å². The summed E-state index contributed by atoms with van der Waals surface area (Å²) in [5, 5.41) is 7.51. The van der Waals surface area contributed by atoms with E-state index in [1.807, 2.05) is 0 Å². The van der Waals surface area contributed by atoms with Gasteiger partial charge >= 0.3 is 0 Å². The fourth-order valence-corrected chi connectivity index (χ4v) is 1.20. The number of rotatable bonds is 1. The lowest BCUT2D eigenvalue weighted by Crippen LogP contribution is -1.76. The van der Waals surface area contributed by atoms with E-state index in [1.54, 1.807) is 6.07 Å². The summed E-state index contributed by atoms with van der Waals surface area (Å²) >= 11 is 0. The largest absolute Gasteiger partial charge is 0.299 e. The predicted molar refractivity (Wildman–Crippen MR) is 71.3 cm³/mol. The summed E-state index contributed by atoms with van der Waals surface area (Å²) in [5.74, 6) is 0.